The van der Waals surface area contributed by atoms with Gasteiger partial charge < -0.3 is 5.32 Å². The molecule has 2 nitrogen and oxygen atoms in total. The lowest BCUT2D eigenvalue weighted by Gasteiger charge is -2.25. The Hall–Kier alpha value is -1.87. The topological polar surface area (TPSA) is 24.9 Å². The van der Waals surface area contributed by atoms with Gasteiger partial charge in [-0.3, -0.25) is 4.98 Å². The summed E-state index contributed by atoms with van der Waals surface area (Å²) in [7, 11) is 0. The van der Waals surface area contributed by atoms with Gasteiger partial charge in [0, 0.05) is 28.2 Å². The van der Waals surface area contributed by atoms with Gasteiger partial charge in [-0.05, 0) is 48.7 Å². The van der Waals surface area contributed by atoms with Crippen LogP contribution in [0.2, 0.25) is 0 Å². The Bertz CT molecular complexity index is 707. The molecule has 1 aromatic carbocycles. The fourth-order valence-electron chi connectivity index (χ4n) is 2.45. The number of hydrogen-bond acceptors (Lipinski definition) is 2. The third-order valence-electron chi connectivity index (χ3n) is 3.75. The molecule has 108 valence electrons. The van der Waals surface area contributed by atoms with Crippen LogP contribution >= 0.6 is 11.6 Å². The van der Waals surface area contributed by atoms with Gasteiger partial charge in [-0.25, -0.2) is 4.39 Å². The average molecular weight is 303 g/mol. The number of anilines is 1. The molecule has 0 fully saturated rings. The van der Waals surface area contributed by atoms with Gasteiger partial charge in [0.15, 0.2) is 0 Å². The number of hydrogen-bond donors (Lipinski definition) is 1. The van der Waals surface area contributed by atoms with Crippen LogP contribution < -0.4 is 5.32 Å². The van der Waals surface area contributed by atoms with Crippen LogP contribution in [-0.4, -0.2) is 4.98 Å². The van der Waals surface area contributed by atoms with E-state index >= 15 is 0 Å². The molecule has 1 aliphatic heterocycles. The van der Waals surface area contributed by atoms with E-state index < -0.39 is 0 Å². The summed E-state index contributed by atoms with van der Waals surface area (Å²) in [6.45, 7) is 3.82. The second kappa shape index (κ2) is 5.49. The summed E-state index contributed by atoms with van der Waals surface area (Å²) >= 11 is 6.31. The minimum Gasteiger partial charge on any atom is -0.374 e. The molecule has 0 amide bonds. The van der Waals surface area contributed by atoms with Crippen LogP contribution in [0.3, 0.4) is 0 Å². The van der Waals surface area contributed by atoms with Gasteiger partial charge in [0.1, 0.15) is 5.82 Å². The number of benzene rings is 1. The Morgan fingerprint density at radius 2 is 2.14 bits per heavy atom. The van der Waals surface area contributed by atoms with Crippen molar-refractivity contribution >= 4 is 22.3 Å². The molecule has 2 aromatic rings. The molecule has 0 aliphatic carbocycles. The highest BCUT2D eigenvalue weighted by atomic mass is 35.5. The van der Waals surface area contributed by atoms with Crippen molar-refractivity contribution in [3.63, 3.8) is 0 Å². The normalized spacial score (nSPS) is 17.0. The Morgan fingerprint density at radius 1 is 1.33 bits per heavy atom. The number of aromatic nitrogens is 1. The van der Waals surface area contributed by atoms with Crippen molar-refractivity contribution in [3.05, 3.63) is 64.7 Å². The number of rotatable bonds is 2. The smallest absolute Gasteiger partial charge is 0.126 e. The van der Waals surface area contributed by atoms with E-state index in [4.69, 9.17) is 11.6 Å². The summed E-state index contributed by atoms with van der Waals surface area (Å²) in [5.74, 6) is -0.241. The maximum absolute atomic E-state index is 13.7. The molecular weight excluding hydrogens is 287 g/mol. The molecule has 4 heteroatoms. The van der Waals surface area contributed by atoms with Crippen LogP contribution in [0.1, 0.15) is 35.3 Å². The van der Waals surface area contributed by atoms with Crippen molar-refractivity contribution in [2.75, 3.05) is 5.32 Å². The van der Waals surface area contributed by atoms with Crippen molar-refractivity contribution < 1.29 is 4.39 Å². The number of nitrogens with zero attached hydrogens (tertiary/aromatic N) is 1. The van der Waals surface area contributed by atoms with Crippen LogP contribution in [-0.2, 0) is 6.42 Å². The van der Waals surface area contributed by atoms with E-state index in [1.807, 2.05) is 24.4 Å². The van der Waals surface area contributed by atoms with E-state index in [2.05, 4.69) is 17.2 Å². The number of halogens is 2. The van der Waals surface area contributed by atoms with Crippen LogP contribution in [0.25, 0.3) is 5.03 Å². The maximum Gasteiger partial charge on any atom is 0.126 e. The number of aryl methyl sites for hydroxylation is 2. The second-order valence-electron chi connectivity index (χ2n) is 5.22. The first kappa shape index (κ1) is 14.1. The molecule has 0 radical (unpaired) electrons. The molecule has 0 saturated carbocycles. The fourth-order valence-corrected chi connectivity index (χ4v) is 2.73. The Labute approximate surface area is 128 Å². The summed E-state index contributed by atoms with van der Waals surface area (Å²) in [5, 5.41) is 3.94. The predicted octanol–water partition coefficient (Wildman–Crippen LogP) is 4.84. The Balaban J connectivity index is 1.97. The lowest BCUT2D eigenvalue weighted by atomic mass is 9.99. The van der Waals surface area contributed by atoms with Crippen molar-refractivity contribution in [1.29, 1.82) is 0 Å². The average Bonchev–Trinajstić information content (AvgIpc) is 2.49. The molecule has 1 aliphatic rings. The second-order valence-corrected chi connectivity index (χ2v) is 5.63. The lowest BCUT2D eigenvalue weighted by molar-refractivity contribution is 0.618. The van der Waals surface area contributed by atoms with E-state index in [9.17, 15) is 4.39 Å². The highest BCUT2D eigenvalue weighted by Crippen LogP contribution is 2.38. The highest BCUT2D eigenvalue weighted by molar-refractivity contribution is 6.49. The van der Waals surface area contributed by atoms with Gasteiger partial charge in [0.05, 0.1) is 6.04 Å². The van der Waals surface area contributed by atoms with Gasteiger partial charge in [-0.2, -0.15) is 0 Å². The molecule has 0 saturated heterocycles. The molecule has 1 unspecified atom stereocenters. The third-order valence-corrected chi connectivity index (χ3v) is 4.08. The van der Waals surface area contributed by atoms with Crippen LogP contribution in [0, 0.1) is 12.7 Å². The van der Waals surface area contributed by atoms with Crippen molar-refractivity contribution in [1.82, 2.24) is 4.98 Å². The largest absolute Gasteiger partial charge is 0.374 e. The molecular formula is C17H16ClFN2. The summed E-state index contributed by atoms with van der Waals surface area (Å²) in [5.41, 5.74) is 4.26. The molecule has 2 heterocycles. The molecule has 1 N–H and O–H groups in total. The minimum absolute atomic E-state index is 0.0479. The molecule has 1 atom stereocenters. The summed E-state index contributed by atoms with van der Waals surface area (Å²) in [4.78, 5) is 4.41. The number of pyridine rings is 1. The Morgan fingerprint density at radius 3 is 2.81 bits per heavy atom. The first-order valence-electron chi connectivity index (χ1n) is 6.97. The van der Waals surface area contributed by atoms with E-state index in [-0.39, 0.29) is 11.9 Å². The van der Waals surface area contributed by atoms with E-state index in [0.717, 1.165) is 23.4 Å². The standard InChI is InChI=1S/C17H16ClFN2/c1-3-12-5-4-11(9-20-12)16-8-14(18)13-7-15(19)10(2)6-17(13)21-16/h4-9,16,21H,3H2,1-2H3. The molecule has 0 spiro atoms. The molecule has 3 rings (SSSR count). The SMILES string of the molecule is CCc1ccc(C2C=C(Cl)c3cc(F)c(C)cc3N2)cn1. The van der Waals surface area contributed by atoms with Gasteiger partial charge >= 0.3 is 0 Å². The van der Waals surface area contributed by atoms with E-state index in [0.29, 0.717) is 16.2 Å². The van der Waals surface area contributed by atoms with Crippen LogP contribution in [0.4, 0.5) is 10.1 Å². The molecule has 0 bridgehead atoms. The number of fused-ring (bicyclic) bond motifs is 1. The first-order chi connectivity index (χ1) is 10.1. The van der Waals surface area contributed by atoms with E-state index in [1.165, 1.54) is 6.07 Å². The van der Waals surface area contributed by atoms with Crippen molar-refractivity contribution in [2.45, 2.75) is 26.3 Å². The number of nitrogens with one attached hydrogen (secondary N) is 1. The molecule has 1 aromatic heterocycles. The predicted molar refractivity (Wildman–Crippen MR) is 84.9 cm³/mol. The summed E-state index contributed by atoms with van der Waals surface area (Å²) in [6, 6.07) is 7.29. The minimum atomic E-state index is -0.241. The monoisotopic (exact) mass is 302 g/mol. The van der Waals surface area contributed by atoms with Gasteiger partial charge in [-0.15, -0.1) is 0 Å². The van der Waals surface area contributed by atoms with Crippen LogP contribution in [0.15, 0.2) is 36.5 Å². The highest BCUT2D eigenvalue weighted by Gasteiger charge is 2.20. The Kier molecular flexibility index (Phi) is 3.68. The van der Waals surface area contributed by atoms with Crippen molar-refractivity contribution in [2.24, 2.45) is 0 Å². The zero-order chi connectivity index (χ0) is 15.0. The van der Waals surface area contributed by atoms with Crippen LogP contribution in [0.5, 0.6) is 0 Å². The maximum atomic E-state index is 13.7. The van der Waals surface area contributed by atoms with E-state index in [1.54, 1.807) is 13.0 Å². The lowest BCUT2D eigenvalue weighted by Crippen LogP contribution is -2.14. The zero-order valence-electron chi connectivity index (χ0n) is 12.0. The first-order valence-corrected chi connectivity index (χ1v) is 7.35. The quantitative estimate of drug-likeness (QED) is 0.859. The third kappa shape index (κ3) is 2.66. The summed E-state index contributed by atoms with van der Waals surface area (Å²) < 4.78 is 13.7. The van der Waals surface area contributed by atoms with Gasteiger partial charge in [0.25, 0.3) is 0 Å². The zero-order valence-corrected chi connectivity index (χ0v) is 12.7. The van der Waals surface area contributed by atoms with Gasteiger partial charge in [-0.1, -0.05) is 24.6 Å². The van der Waals surface area contributed by atoms with Crippen molar-refractivity contribution in [3.8, 4) is 0 Å². The van der Waals surface area contributed by atoms with Gasteiger partial charge in [0.2, 0.25) is 0 Å². The fraction of sp³-hybridized carbons (Fsp3) is 0.235. The molecule has 21 heavy (non-hydrogen) atoms. The summed E-state index contributed by atoms with van der Waals surface area (Å²) in [6.07, 6.45) is 4.66.